The molecular weight excluding hydrogens is 1340 g/mol. The zero-order chi connectivity index (χ0) is 77.5. The van der Waals surface area contributed by atoms with E-state index in [1.54, 1.807) is 119 Å². The van der Waals surface area contributed by atoms with Crippen molar-refractivity contribution in [3.05, 3.63) is 242 Å². The van der Waals surface area contributed by atoms with E-state index in [-0.39, 0.29) is 0 Å². The van der Waals surface area contributed by atoms with Gasteiger partial charge in [0, 0.05) is 60.3 Å². The van der Waals surface area contributed by atoms with Gasteiger partial charge in [-0.05, 0) is 76.3 Å². The first-order chi connectivity index (χ1) is 49.0. The van der Waals surface area contributed by atoms with Gasteiger partial charge in [0.15, 0.2) is 12.7 Å². The Morgan fingerprint density at radius 2 is 0.888 bits per heavy atom. The molecule has 4 N–H and O–H groups in total. The minimum absolute atomic E-state index is 1.26. The topological polar surface area (TPSA) is 335 Å². The predicted octanol–water partition coefficient (Wildman–Crippen LogP) is 23.9. The van der Waals surface area contributed by atoms with E-state index in [0.717, 1.165) is 0 Å². The second-order valence-corrected chi connectivity index (χ2v) is 13.3. The van der Waals surface area contributed by atoms with E-state index in [9.17, 15) is 0 Å². The molecule has 14 heterocycles. The lowest BCUT2D eigenvalue weighted by Gasteiger charge is -1.50. The van der Waals surface area contributed by atoms with Crippen LogP contribution < -0.4 is 0 Å². The van der Waals surface area contributed by atoms with Crippen molar-refractivity contribution < 1.29 is 22.3 Å². The van der Waals surface area contributed by atoms with Gasteiger partial charge in [-0.25, -0.2) is 29.3 Å². The van der Waals surface area contributed by atoms with Gasteiger partial charge in [-0.15, -0.1) is 43.1 Å². The summed E-state index contributed by atoms with van der Waals surface area (Å²) in [5.74, 6) is 0. The Bertz CT molecular complexity index is 1620. The normalized spacial score (nSPS) is 6.57. The fourth-order valence-electron chi connectivity index (χ4n) is 2.58. The summed E-state index contributed by atoms with van der Waals surface area (Å²) in [5.41, 5.74) is 6.83. The van der Waals surface area contributed by atoms with Gasteiger partial charge in [-0.1, -0.05) is 216 Å². The van der Waals surface area contributed by atoms with Crippen LogP contribution in [-0.4, -0.2) is 99.7 Å². The summed E-state index contributed by atoms with van der Waals surface area (Å²) in [6, 6.07) is 17.1. The van der Waals surface area contributed by atoms with E-state index in [4.69, 9.17) is 0 Å². The number of imidazole rings is 1. The summed E-state index contributed by atoms with van der Waals surface area (Å²) in [5, 5.41) is 40.3. The Morgan fingerprint density at radius 1 is 0.276 bits per heavy atom. The molecule has 14 aromatic rings. The molecule has 98 heavy (non-hydrogen) atoms. The third kappa shape index (κ3) is 173. The summed E-state index contributed by atoms with van der Waals surface area (Å²) in [6.45, 7) is 56.0. The lowest BCUT2D eigenvalue weighted by Crippen LogP contribution is -1.53. The Balaban J connectivity index is -0.0000000629. The average molecular weight is 1470 g/mol. The molecule has 14 aromatic heterocycles. The van der Waals surface area contributed by atoms with E-state index in [1.807, 2.05) is 276 Å². The second-order valence-electron chi connectivity index (χ2n) is 9.70. The van der Waals surface area contributed by atoms with E-state index >= 15 is 0 Å². The van der Waals surface area contributed by atoms with E-state index in [1.165, 1.54) is 97.8 Å². The molecule has 0 spiro atoms. The number of oxazole rings is 1. The lowest BCUT2D eigenvalue weighted by atomic mass is 10.7. The smallest absolute Gasteiger partial charge is 0.213 e. The Kier molecular flexibility index (Phi) is 224. The minimum atomic E-state index is 1.26. The number of rotatable bonds is 0. The van der Waals surface area contributed by atoms with Crippen molar-refractivity contribution in [1.29, 1.82) is 0 Å². The first-order valence-corrected chi connectivity index (χ1v) is 37.3. The van der Waals surface area contributed by atoms with Crippen molar-refractivity contribution in [3.8, 4) is 0 Å². The van der Waals surface area contributed by atoms with Crippen molar-refractivity contribution in [1.82, 2.24) is 99.7 Å². The standard InChI is InChI=1S/C4H5N.C4H4O.C4H4S.2C3H4N2.2C3H3NO.2C3H3NS.C2H3N3.2C2H2N2O.2C2H2N2S.14C2H6/c3*1-2-4-5-3-1;1-2-5-3-4-1;1-2-4-5-3-1;1-2-5-3-4-1;1-2-4-5-3-1;1-2-5-3-4-1;1-2-4-5-3-1;1-3-2-5-4-1;1-3-4-2-5-1;1-3-2-5-4-1;1-3-4-2-5-1;1-3-2-5-4-1;14*1-2/h1-5H;2*1-4H;2*1-3H,(H,4,5);4*1-3H;1-2H,(H,3,4,5);4*1-2H;14*1-2H3. The highest BCUT2D eigenvalue weighted by atomic mass is 32.1. The molecule has 0 fully saturated rings. The summed E-state index contributed by atoms with van der Waals surface area (Å²) < 4.78 is 29.4. The van der Waals surface area contributed by atoms with Gasteiger partial charge >= 0.3 is 0 Å². The van der Waals surface area contributed by atoms with Gasteiger partial charge in [0.1, 0.15) is 48.0 Å². The van der Waals surface area contributed by atoms with Crippen LogP contribution in [0.5, 0.6) is 0 Å². The van der Waals surface area contributed by atoms with E-state index in [2.05, 4.69) is 122 Å². The summed E-state index contributed by atoms with van der Waals surface area (Å²) in [6.07, 6.45) is 36.2. The maximum Gasteiger partial charge on any atom is 0.213 e. The molecule has 0 bridgehead atoms. The Labute approximate surface area is 611 Å². The molecule has 0 saturated heterocycles. The SMILES string of the molecule is CC.CC.CC.CC.CC.CC.CC.CC.CC.CC.CC.CC.CC.CC.c1c[nH]cn1.c1cc[nH]c1.c1ccoc1.c1ccsc1.c1cn[nH]c1.c1cnoc1.c1cnsc1.c1cocn1.c1cscn1.c1nc[nH]n1.c1ncon1.c1ncsn1.c1nnco1.c1nncs1. The molecule has 0 aliphatic heterocycles. The quantitative estimate of drug-likeness (QED) is 0.110. The summed E-state index contributed by atoms with van der Waals surface area (Å²) >= 11 is 7.62. The number of nitrogens with one attached hydrogen (secondary N) is 4. The molecule has 0 radical (unpaired) electrons. The van der Waals surface area contributed by atoms with E-state index < -0.39 is 0 Å². The number of furan rings is 1. The van der Waals surface area contributed by atoms with Crippen LogP contribution in [0.25, 0.3) is 0 Å². The molecular formula is C68H128N20O5S5. The number of aromatic amines is 4. The highest BCUT2D eigenvalue weighted by Crippen LogP contribution is 1.91. The number of hydrogen-bond acceptors (Lipinski definition) is 26. The van der Waals surface area contributed by atoms with Crippen molar-refractivity contribution >= 4 is 57.1 Å². The molecule has 0 atom stereocenters. The minimum Gasteiger partial charge on any atom is -0.473 e. The molecule has 0 unspecified atom stereocenters. The van der Waals surface area contributed by atoms with Gasteiger partial charge in [-0.2, -0.15) is 25.9 Å². The molecule has 0 aliphatic carbocycles. The van der Waals surface area contributed by atoms with Gasteiger partial charge in [0.2, 0.25) is 19.2 Å². The van der Waals surface area contributed by atoms with Crippen molar-refractivity contribution in [2.24, 2.45) is 0 Å². The van der Waals surface area contributed by atoms with E-state index in [0.29, 0.717) is 0 Å². The Morgan fingerprint density at radius 3 is 1.03 bits per heavy atom. The highest BCUT2D eigenvalue weighted by Gasteiger charge is 1.66. The van der Waals surface area contributed by atoms with Gasteiger partial charge in [-0.3, -0.25) is 15.2 Å². The molecule has 560 valence electrons. The number of aromatic nitrogens is 20. The largest absolute Gasteiger partial charge is 0.473 e. The fourth-order valence-corrected chi connectivity index (χ4v) is 4.28. The third-order valence-electron chi connectivity index (χ3n) is 5.01. The van der Waals surface area contributed by atoms with Crippen LogP contribution in [0.15, 0.2) is 265 Å². The average Bonchev–Trinajstić information content (AvgIpc) is 4.54. The molecule has 0 amide bonds. The first kappa shape index (κ1) is 122. The summed E-state index contributed by atoms with van der Waals surface area (Å²) in [7, 11) is 0. The van der Waals surface area contributed by atoms with Crippen molar-refractivity contribution in [3.63, 3.8) is 0 Å². The molecule has 30 heteroatoms. The fraction of sp³-hybridized carbons (Fsp3) is 0.412. The maximum absolute atomic E-state index is 4.58. The number of H-pyrrole nitrogens is 4. The van der Waals surface area contributed by atoms with Crippen molar-refractivity contribution in [2.45, 2.75) is 194 Å². The van der Waals surface area contributed by atoms with Crippen LogP contribution in [0.4, 0.5) is 0 Å². The number of nitrogens with zero attached hydrogens (tertiary/aromatic N) is 16. The maximum atomic E-state index is 4.58. The number of hydrogen-bond donors (Lipinski definition) is 4. The monoisotopic (exact) mass is 1460 g/mol. The van der Waals surface area contributed by atoms with Crippen LogP contribution in [0.1, 0.15) is 194 Å². The number of thiophene rings is 1. The zero-order valence-corrected chi connectivity index (χ0v) is 68.4. The van der Waals surface area contributed by atoms with Gasteiger partial charge in [0.25, 0.3) is 0 Å². The lowest BCUT2D eigenvalue weighted by molar-refractivity contribution is 0.416. The first-order valence-electron chi connectivity index (χ1n) is 32.8. The van der Waals surface area contributed by atoms with Crippen LogP contribution in [0, 0.1) is 0 Å². The van der Waals surface area contributed by atoms with Crippen LogP contribution in [-0.2, 0) is 0 Å². The van der Waals surface area contributed by atoms with Crippen LogP contribution >= 0.6 is 57.1 Å². The predicted molar refractivity (Wildman–Crippen MR) is 422 cm³/mol. The number of thiazole rings is 1. The second kappa shape index (κ2) is 179. The van der Waals surface area contributed by atoms with Gasteiger partial charge in [0.05, 0.1) is 36.8 Å². The molecule has 0 aromatic carbocycles. The van der Waals surface area contributed by atoms with Gasteiger partial charge < -0.3 is 32.3 Å². The Hall–Kier alpha value is -9.10. The van der Waals surface area contributed by atoms with Crippen LogP contribution in [0.3, 0.4) is 0 Å². The van der Waals surface area contributed by atoms with Crippen molar-refractivity contribution in [2.75, 3.05) is 0 Å². The third-order valence-corrected chi connectivity index (χ3v) is 7.55. The molecule has 14 rings (SSSR count). The molecule has 0 saturated carbocycles. The summed E-state index contributed by atoms with van der Waals surface area (Å²) in [4.78, 5) is 27.2. The van der Waals surface area contributed by atoms with Crippen LogP contribution in [0.2, 0.25) is 0 Å². The molecule has 25 nitrogen and oxygen atoms in total. The zero-order valence-electron chi connectivity index (χ0n) is 64.3. The molecule has 0 aliphatic rings. The highest BCUT2D eigenvalue weighted by molar-refractivity contribution is 7.08.